The summed E-state index contributed by atoms with van der Waals surface area (Å²) in [5, 5.41) is 29.2. The number of hydrogen-bond acceptors (Lipinski definition) is 22. The predicted molar refractivity (Wildman–Crippen MR) is 304 cm³/mol. The van der Waals surface area contributed by atoms with Gasteiger partial charge in [-0.05, 0) is 96.1 Å². The highest BCUT2D eigenvalue weighted by Crippen LogP contribution is 2.45. The lowest BCUT2D eigenvalue weighted by Crippen LogP contribution is -2.35. The number of nitrogens with two attached hydrogens (primary N) is 2. The molecular formula is C52H45N12O17S4+. The number of hydrogen-bond donors (Lipinski definition) is 11. The van der Waals surface area contributed by atoms with Gasteiger partial charge >= 0.3 is 23.8 Å². The fraction of sp³-hybridized carbons (Fsp3) is 0.115. The minimum atomic E-state index is -5.26. The van der Waals surface area contributed by atoms with Crippen LogP contribution in [0.25, 0.3) is 16.7 Å². The molecule has 0 fully saturated rings. The monoisotopic (exact) mass is 1240 g/mol. The average Bonchev–Trinajstić information content (AvgIpc) is 1.20. The lowest BCUT2D eigenvalue weighted by Gasteiger charge is -2.26. The summed E-state index contributed by atoms with van der Waals surface area (Å²) in [7, 11) is -20.8. The van der Waals surface area contributed by atoms with E-state index in [0.717, 1.165) is 23.8 Å². The van der Waals surface area contributed by atoms with Crippen molar-refractivity contribution >= 4 is 132 Å². The van der Waals surface area contributed by atoms with Crippen LogP contribution in [0.2, 0.25) is 0 Å². The summed E-state index contributed by atoms with van der Waals surface area (Å²) < 4.78 is 148. The summed E-state index contributed by atoms with van der Waals surface area (Å²) in [6, 6.07) is 18.1. The van der Waals surface area contributed by atoms with Crippen LogP contribution in [-0.2, 0) is 45.3 Å². The molecule has 0 unspecified atom stereocenters. The summed E-state index contributed by atoms with van der Waals surface area (Å²) in [6.45, 7) is 5.22. The van der Waals surface area contributed by atoms with Crippen LogP contribution < -0.4 is 37.3 Å². The Morgan fingerprint density at radius 3 is 1.81 bits per heavy atom. The van der Waals surface area contributed by atoms with Crippen molar-refractivity contribution in [3.05, 3.63) is 147 Å². The Labute approximate surface area is 481 Å². The minimum Gasteiger partial charge on any atom is -0.481 e. The number of carbonyl (C=O) groups excluding carboxylic acids is 3. The zero-order valence-electron chi connectivity index (χ0n) is 44.3. The van der Waals surface area contributed by atoms with Crippen molar-refractivity contribution in [2.24, 2.45) is 16.0 Å². The number of fused-ring (bicyclic) bond motifs is 3. The van der Waals surface area contributed by atoms with Gasteiger partial charge in [0.25, 0.3) is 46.4 Å². The number of ketones is 2. The number of rotatable bonds is 18. The molecule has 1 aliphatic carbocycles. The lowest BCUT2D eigenvalue weighted by atomic mass is 9.82. The van der Waals surface area contributed by atoms with E-state index < -0.39 is 148 Å². The Balaban J connectivity index is 1.25. The average molecular weight is 1240 g/mol. The number of amides is 1. The molecule has 85 heavy (non-hydrogen) atoms. The summed E-state index contributed by atoms with van der Waals surface area (Å²) in [6.07, 6.45) is 1.99. The molecule has 0 saturated heterocycles. The molecule has 1 aliphatic rings. The number of aliphatic carboxylic acids is 1. The molecule has 13 N–H and O–H groups in total. The first kappa shape index (κ1) is 59.9. The number of carboxylic acids is 1. The zero-order valence-corrected chi connectivity index (χ0v) is 47.5. The fourth-order valence-corrected chi connectivity index (χ4v) is 12.7. The number of pyridine rings is 1. The lowest BCUT2D eigenvalue weighted by molar-refractivity contribution is -0.603. The van der Waals surface area contributed by atoms with E-state index in [0.29, 0.717) is 5.39 Å². The van der Waals surface area contributed by atoms with Crippen molar-refractivity contribution in [2.45, 2.75) is 53.7 Å². The quantitative estimate of drug-likeness (QED) is 0.0189. The number of nitrogens with one attached hydrogen (secondary N) is 4. The Morgan fingerprint density at radius 1 is 0.612 bits per heavy atom. The van der Waals surface area contributed by atoms with E-state index in [2.05, 4.69) is 46.4 Å². The molecule has 438 valence electrons. The van der Waals surface area contributed by atoms with Crippen LogP contribution in [0.15, 0.2) is 127 Å². The number of aryl methyl sites for hydroxylation is 1. The van der Waals surface area contributed by atoms with Crippen molar-refractivity contribution in [3.8, 4) is 5.95 Å². The van der Waals surface area contributed by atoms with Crippen molar-refractivity contribution in [2.75, 3.05) is 33.5 Å². The normalized spacial score (nSPS) is 12.7. The summed E-state index contributed by atoms with van der Waals surface area (Å²) in [5.74, 6) is -5.34. The molecule has 8 aromatic rings. The summed E-state index contributed by atoms with van der Waals surface area (Å²) in [4.78, 5) is 62.4. The van der Waals surface area contributed by atoms with Crippen molar-refractivity contribution in [3.63, 3.8) is 0 Å². The van der Waals surface area contributed by atoms with E-state index in [1.165, 1.54) is 92.3 Å². The van der Waals surface area contributed by atoms with E-state index in [9.17, 15) is 76.2 Å². The van der Waals surface area contributed by atoms with Gasteiger partial charge in [0.1, 0.15) is 31.0 Å². The molecule has 33 heteroatoms. The van der Waals surface area contributed by atoms with Crippen molar-refractivity contribution in [1.29, 1.82) is 0 Å². The third-order valence-corrected chi connectivity index (χ3v) is 17.1. The van der Waals surface area contributed by atoms with E-state index in [1.807, 2.05) is 0 Å². The van der Waals surface area contributed by atoms with Crippen LogP contribution in [0.1, 0.15) is 70.9 Å². The predicted octanol–water partition coefficient (Wildman–Crippen LogP) is 6.51. The number of benzene rings is 6. The summed E-state index contributed by atoms with van der Waals surface area (Å²) >= 11 is 0. The fourth-order valence-electron chi connectivity index (χ4n) is 9.54. The highest BCUT2D eigenvalue weighted by atomic mass is 32.2. The molecule has 2 aromatic heterocycles. The molecule has 0 atom stereocenters. The second-order valence-electron chi connectivity index (χ2n) is 18.9. The van der Waals surface area contributed by atoms with Crippen LogP contribution in [-0.4, -0.2) is 102 Å². The highest BCUT2D eigenvalue weighted by molar-refractivity contribution is 7.86. The highest BCUT2D eigenvalue weighted by Gasteiger charge is 2.38. The van der Waals surface area contributed by atoms with Crippen molar-refractivity contribution in [1.82, 2.24) is 15.0 Å². The van der Waals surface area contributed by atoms with E-state index in [1.54, 1.807) is 19.1 Å². The minimum absolute atomic E-state index is 0.0184. The molecule has 6 aromatic carbocycles. The number of nitrogens with zero attached hydrogens (tertiary/aromatic N) is 6. The van der Waals surface area contributed by atoms with Gasteiger partial charge in [-0.15, -0.1) is 15.2 Å². The molecule has 0 spiro atoms. The molecule has 0 radical (unpaired) electrons. The second-order valence-corrected chi connectivity index (χ2v) is 24.4. The first-order valence-electron chi connectivity index (χ1n) is 24.4. The second kappa shape index (κ2) is 22.1. The summed E-state index contributed by atoms with van der Waals surface area (Å²) in [5.41, 5.74) is 7.24. The van der Waals surface area contributed by atoms with E-state index >= 15 is 0 Å². The standard InChI is InChI=1S/C52H44N12O17S4/c1-23-11-13-29-27(18-23)12-14-32(48(29)85(79,80)81)62-63-34-20-37(82(70,71)72)35(55-16-15-39(65)66)19-33(34)57-50-59-51(61-52(60-50)64-17-7-8-28(22-64)49(54)69)58-44-24(2)43(25(3)47(26(44)4)84(76,77)78)56-36-21-38(83(73,74)75)42(53)41-40(36)45(67)30-9-5-6-10-31(30)46(41)68/h5-14,17-22H,15-16H2,1-4H3,(H12-,53,54,55,56,57,58,59,60,61,62,63,65,66,67,68,69,70,71,72,73,74,75,76,77,78,79,80,81)/p+1. The first-order valence-corrected chi connectivity index (χ1v) is 30.1. The van der Waals surface area contributed by atoms with Gasteiger partial charge < -0.3 is 37.8 Å². The molecule has 1 amide bonds. The molecule has 0 bridgehead atoms. The third kappa shape index (κ3) is 11.9. The van der Waals surface area contributed by atoms with Crippen LogP contribution in [0.5, 0.6) is 0 Å². The number of anilines is 8. The SMILES string of the molecule is Cc1ccc2c(S(=O)(=O)O)c(N=Nc3cc(S(=O)(=O)O)c(NCCC(=O)O)cc3Nc3nc(Nc4c(C)c(Nc5cc(S(=O)(=O)O)c(N)c6c5C(=O)c5ccccc5C6=O)c(C)c(S(=O)(=O)O)c4C)nc(-[n+]4cccc(C(N)=O)c4)n3)ccc2c1. The molecule has 0 saturated carbocycles. The van der Waals surface area contributed by atoms with Gasteiger partial charge in [-0.2, -0.15) is 33.7 Å². The van der Waals surface area contributed by atoms with Gasteiger partial charge in [-0.3, -0.25) is 37.4 Å². The molecule has 29 nitrogen and oxygen atoms in total. The number of aromatic nitrogens is 4. The van der Waals surface area contributed by atoms with Crippen LogP contribution >= 0.6 is 0 Å². The molecular weight excluding hydrogens is 1190 g/mol. The van der Waals surface area contributed by atoms with Crippen LogP contribution in [0.3, 0.4) is 0 Å². The van der Waals surface area contributed by atoms with Gasteiger partial charge in [0, 0.05) is 28.7 Å². The maximum absolute atomic E-state index is 14.3. The van der Waals surface area contributed by atoms with Gasteiger partial charge in [0.2, 0.25) is 0 Å². The topological polar surface area (TPSA) is 473 Å². The largest absolute Gasteiger partial charge is 0.481 e. The van der Waals surface area contributed by atoms with E-state index in [-0.39, 0.29) is 61.8 Å². The third-order valence-electron chi connectivity index (χ3n) is 13.3. The number of azo groups is 1. The van der Waals surface area contributed by atoms with Crippen LogP contribution in [0, 0.1) is 27.7 Å². The Bertz CT molecular complexity index is 4790. The number of nitrogen functional groups attached to an aromatic ring is 1. The van der Waals surface area contributed by atoms with Gasteiger partial charge in [0.15, 0.2) is 11.6 Å². The van der Waals surface area contributed by atoms with Gasteiger partial charge in [-0.25, -0.2) is 4.57 Å². The maximum atomic E-state index is 14.3. The van der Waals surface area contributed by atoms with Crippen molar-refractivity contribution < 1.29 is 80.7 Å². The number of carboxylic acid groups (broad SMARTS) is 1. The maximum Gasteiger partial charge on any atom is 0.444 e. The molecule has 0 aliphatic heterocycles. The van der Waals surface area contributed by atoms with Crippen LogP contribution in [0.4, 0.5) is 57.4 Å². The van der Waals surface area contributed by atoms with Gasteiger partial charge in [-0.1, -0.05) is 54.1 Å². The smallest absolute Gasteiger partial charge is 0.444 e. The Morgan fingerprint density at radius 2 is 1.21 bits per heavy atom. The number of primary amides is 1. The number of carbonyl (C=O) groups is 4. The zero-order chi connectivity index (χ0) is 62.0. The van der Waals surface area contributed by atoms with Gasteiger partial charge in [0.05, 0.1) is 63.9 Å². The first-order chi connectivity index (χ1) is 39.7. The van der Waals surface area contributed by atoms with E-state index in [4.69, 9.17) is 11.5 Å². The molecule has 9 rings (SSSR count). The molecule has 2 heterocycles. The Hall–Kier alpha value is -9.74. The Kier molecular flexibility index (Phi) is 15.6.